The van der Waals surface area contributed by atoms with Crippen LogP contribution in [0.4, 0.5) is 0 Å². The second-order valence-electron chi connectivity index (χ2n) is 12.2. The fourth-order valence-electron chi connectivity index (χ4n) is 5.68. The van der Waals surface area contributed by atoms with E-state index < -0.39 is 6.10 Å². The highest BCUT2D eigenvalue weighted by Crippen LogP contribution is 2.18. The second kappa shape index (κ2) is 27.2. The quantitative estimate of drug-likeness (QED) is 0.0937. The van der Waals surface area contributed by atoms with Crippen LogP contribution < -0.4 is 0 Å². The largest absolute Gasteiger partial charge is 0.394 e. The van der Waals surface area contributed by atoms with Gasteiger partial charge < -0.3 is 10.2 Å². The molecule has 0 unspecified atom stereocenters. The van der Waals surface area contributed by atoms with Crippen molar-refractivity contribution in [3.05, 3.63) is 11.9 Å². The molecule has 2 atom stereocenters. The first-order chi connectivity index (χ1) is 19.2. The standard InChI is InChI=1S/C34H67N3O2/c1-3-5-7-8-9-10-11-12-13-14-15-16-17-18-19-20-21-22-23-24-25-27-28-32-30-37(36-35-32)33(31-38)34(39)29-26-6-4-2/h30,33-34,38-39H,3-29,31H2,1-2H3/t33-,34+/m0/s1. The van der Waals surface area contributed by atoms with Crippen LogP contribution in [0.2, 0.25) is 0 Å². The first kappa shape index (κ1) is 36.1. The predicted molar refractivity (Wildman–Crippen MR) is 167 cm³/mol. The summed E-state index contributed by atoms with van der Waals surface area (Å²) in [5, 5.41) is 28.6. The Balaban J connectivity index is 1.86. The third-order valence-electron chi connectivity index (χ3n) is 8.42. The van der Waals surface area contributed by atoms with Gasteiger partial charge in [-0.05, 0) is 19.3 Å². The summed E-state index contributed by atoms with van der Waals surface area (Å²) in [5.41, 5.74) is 0.974. The lowest BCUT2D eigenvalue weighted by Gasteiger charge is -2.20. The molecule has 2 N–H and O–H groups in total. The average Bonchev–Trinajstić information content (AvgIpc) is 3.40. The van der Waals surface area contributed by atoms with Gasteiger partial charge in [-0.25, -0.2) is 4.68 Å². The molecule has 5 heteroatoms. The van der Waals surface area contributed by atoms with Crippen LogP contribution >= 0.6 is 0 Å². The summed E-state index contributed by atoms with van der Waals surface area (Å²) >= 11 is 0. The molecule has 1 aromatic heterocycles. The molecule has 0 aromatic carbocycles. The van der Waals surface area contributed by atoms with Crippen molar-refractivity contribution in [2.24, 2.45) is 0 Å². The summed E-state index contributed by atoms with van der Waals surface area (Å²) in [6.07, 6.45) is 37.1. The molecule has 0 radical (unpaired) electrons. The normalized spacial score (nSPS) is 13.2. The number of rotatable bonds is 30. The van der Waals surface area contributed by atoms with Gasteiger partial charge >= 0.3 is 0 Å². The molecule has 0 amide bonds. The fraction of sp³-hybridized carbons (Fsp3) is 0.941. The number of hydrogen-bond donors (Lipinski definition) is 2. The summed E-state index contributed by atoms with van der Waals surface area (Å²) in [6.45, 7) is 4.35. The molecule has 1 heterocycles. The highest BCUT2D eigenvalue weighted by molar-refractivity contribution is 4.94. The number of aliphatic hydroxyl groups is 2. The predicted octanol–water partition coefficient (Wildman–Crippen LogP) is 9.90. The molecule has 0 aliphatic heterocycles. The average molecular weight is 550 g/mol. The Bertz CT molecular complexity index is 621. The lowest BCUT2D eigenvalue weighted by atomic mass is 10.0. The lowest BCUT2D eigenvalue weighted by Crippen LogP contribution is -2.27. The molecular formula is C34H67N3O2. The molecule has 0 aliphatic carbocycles. The van der Waals surface area contributed by atoms with Crippen LogP contribution in [0.3, 0.4) is 0 Å². The number of aliphatic hydroxyl groups excluding tert-OH is 2. The van der Waals surface area contributed by atoms with Gasteiger partial charge in [0.25, 0.3) is 0 Å². The van der Waals surface area contributed by atoms with Gasteiger partial charge in [-0.15, -0.1) is 5.10 Å². The van der Waals surface area contributed by atoms with Crippen LogP contribution in [0.1, 0.15) is 193 Å². The first-order valence-electron chi connectivity index (χ1n) is 17.4. The van der Waals surface area contributed by atoms with Crippen LogP contribution in [0.15, 0.2) is 6.20 Å². The Kier molecular flexibility index (Phi) is 25.2. The lowest BCUT2D eigenvalue weighted by molar-refractivity contribution is 0.0579. The number of aryl methyl sites for hydroxylation is 1. The highest BCUT2D eigenvalue weighted by Gasteiger charge is 2.21. The minimum atomic E-state index is -0.564. The van der Waals surface area contributed by atoms with Crippen LogP contribution in [0, 0.1) is 0 Å². The van der Waals surface area contributed by atoms with E-state index in [1.54, 1.807) is 4.68 Å². The van der Waals surface area contributed by atoms with Gasteiger partial charge in [-0.2, -0.15) is 0 Å². The van der Waals surface area contributed by atoms with Crippen LogP contribution in [-0.4, -0.2) is 37.9 Å². The van der Waals surface area contributed by atoms with Crippen molar-refractivity contribution >= 4 is 0 Å². The summed E-state index contributed by atoms with van der Waals surface area (Å²) in [4.78, 5) is 0. The molecule has 0 aliphatic rings. The van der Waals surface area contributed by atoms with Crippen molar-refractivity contribution in [1.29, 1.82) is 0 Å². The number of nitrogens with zero attached hydrogens (tertiary/aromatic N) is 3. The molecule has 0 bridgehead atoms. The van der Waals surface area contributed by atoms with E-state index in [0.29, 0.717) is 6.42 Å². The van der Waals surface area contributed by atoms with Gasteiger partial charge in [0.2, 0.25) is 0 Å². The molecule has 230 valence electrons. The molecule has 0 fully saturated rings. The van der Waals surface area contributed by atoms with Crippen LogP contribution in [-0.2, 0) is 6.42 Å². The topological polar surface area (TPSA) is 71.2 Å². The number of hydrogen-bond acceptors (Lipinski definition) is 4. The van der Waals surface area contributed by atoms with Crippen molar-refractivity contribution in [2.45, 2.75) is 199 Å². The van der Waals surface area contributed by atoms with E-state index >= 15 is 0 Å². The molecule has 1 aromatic rings. The van der Waals surface area contributed by atoms with Gasteiger partial charge in [0.05, 0.1) is 18.4 Å². The van der Waals surface area contributed by atoms with Gasteiger partial charge in [-0.1, -0.05) is 173 Å². The van der Waals surface area contributed by atoms with E-state index in [0.717, 1.165) is 37.8 Å². The molecule has 0 saturated heterocycles. The van der Waals surface area contributed by atoms with E-state index in [4.69, 9.17) is 0 Å². The van der Waals surface area contributed by atoms with Crippen LogP contribution in [0.25, 0.3) is 0 Å². The zero-order valence-corrected chi connectivity index (χ0v) is 26.3. The Morgan fingerprint density at radius 2 is 0.974 bits per heavy atom. The van der Waals surface area contributed by atoms with E-state index in [-0.39, 0.29) is 12.6 Å². The summed E-state index contributed by atoms with van der Waals surface area (Å²) < 4.78 is 1.67. The first-order valence-corrected chi connectivity index (χ1v) is 17.4. The Morgan fingerprint density at radius 3 is 1.38 bits per heavy atom. The Hall–Kier alpha value is -0.940. The Morgan fingerprint density at radius 1 is 0.590 bits per heavy atom. The molecular weight excluding hydrogens is 482 g/mol. The van der Waals surface area contributed by atoms with Gasteiger partial charge in [0, 0.05) is 6.20 Å². The molecule has 1 rings (SSSR count). The number of aromatic nitrogens is 3. The zero-order valence-electron chi connectivity index (χ0n) is 26.3. The van der Waals surface area contributed by atoms with Crippen molar-refractivity contribution in [2.75, 3.05) is 6.61 Å². The van der Waals surface area contributed by atoms with E-state index in [2.05, 4.69) is 24.2 Å². The molecule has 0 spiro atoms. The third kappa shape index (κ3) is 20.6. The van der Waals surface area contributed by atoms with Crippen molar-refractivity contribution in [3.8, 4) is 0 Å². The molecule has 0 saturated carbocycles. The molecule has 39 heavy (non-hydrogen) atoms. The van der Waals surface area contributed by atoms with E-state index in [1.165, 1.54) is 135 Å². The third-order valence-corrected chi connectivity index (χ3v) is 8.42. The number of unbranched alkanes of at least 4 members (excludes halogenated alkanes) is 23. The maximum atomic E-state index is 10.4. The summed E-state index contributed by atoms with van der Waals surface area (Å²) in [5.74, 6) is 0. The fourth-order valence-corrected chi connectivity index (χ4v) is 5.68. The maximum Gasteiger partial charge on any atom is 0.103 e. The van der Waals surface area contributed by atoms with Crippen molar-refractivity contribution < 1.29 is 10.2 Å². The zero-order chi connectivity index (χ0) is 28.2. The second-order valence-corrected chi connectivity index (χ2v) is 12.2. The van der Waals surface area contributed by atoms with E-state index in [9.17, 15) is 10.2 Å². The summed E-state index contributed by atoms with van der Waals surface area (Å²) in [6, 6.07) is -0.382. The van der Waals surface area contributed by atoms with E-state index in [1.807, 2.05) is 6.20 Å². The Labute approximate surface area is 242 Å². The minimum absolute atomic E-state index is 0.102. The monoisotopic (exact) mass is 550 g/mol. The van der Waals surface area contributed by atoms with Crippen molar-refractivity contribution in [3.63, 3.8) is 0 Å². The van der Waals surface area contributed by atoms with Gasteiger partial charge in [0.1, 0.15) is 6.04 Å². The van der Waals surface area contributed by atoms with Crippen LogP contribution in [0.5, 0.6) is 0 Å². The van der Waals surface area contributed by atoms with Gasteiger partial charge in [-0.3, -0.25) is 0 Å². The minimum Gasteiger partial charge on any atom is -0.394 e. The molecule has 5 nitrogen and oxygen atoms in total. The van der Waals surface area contributed by atoms with Gasteiger partial charge in [0.15, 0.2) is 0 Å². The van der Waals surface area contributed by atoms with Crippen molar-refractivity contribution in [1.82, 2.24) is 15.0 Å². The smallest absolute Gasteiger partial charge is 0.103 e. The SMILES string of the molecule is CCCCCCCCCCCCCCCCCCCCCCCCc1cn([C@@H](CO)[C@H](O)CCCCC)nn1. The summed E-state index contributed by atoms with van der Waals surface area (Å²) in [7, 11) is 0. The maximum absolute atomic E-state index is 10.4. The highest BCUT2D eigenvalue weighted by atomic mass is 16.3.